The Bertz CT molecular complexity index is 2130. The van der Waals surface area contributed by atoms with Crippen molar-refractivity contribution >= 4 is 65.2 Å². The van der Waals surface area contributed by atoms with E-state index in [0.717, 1.165) is 26.5 Å². The van der Waals surface area contributed by atoms with Crippen LogP contribution < -0.4 is 37.2 Å². The molecule has 0 aromatic heterocycles. The normalized spacial score (nSPS) is 26.1. The molecular formula is C47H67N7O17. The average Bonchev–Trinajstić information content (AvgIpc) is 3.32. The van der Waals surface area contributed by atoms with Gasteiger partial charge in [-0.3, -0.25) is 43.2 Å². The number of amides is 7. The molecule has 392 valence electrons. The molecule has 1 aliphatic heterocycles. The number of methoxy groups -OCH3 is 2. The van der Waals surface area contributed by atoms with Crippen LogP contribution in [-0.2, 0) is 68.6 Å². The SMILES string of the molecule is COC(=O)CC[C@@H]1NC(=O)[C@@H](C)[C@H](C(=O)O)NC(=O)[C@H](CCC(=O)O)NC(=O)[C@@H](C)NC(=O)[C@H](CO)NC(=O)CC[C@H](C(=O)O)NC(=O)[C@@H](C)[C@H](/C=C/C(C)=C/[C@H](C)[C@H](Cc2ccccc2)OC)NC1=O. The molecule has 24 heteroatoms. The zero-order valence-electron chi connectivity index (χ0n) is 40.7. The Balaban J connectivity index is 2.72. The molecule has 11 atom stereocenters. The maximum absolute atomic E-state index is 14.2. The van der Waals surface area contributed by atoms with Crippen LogP contribution in [0.1, 0.15) is 78.7 Å². The number of rotatable bonds is 16. The van der Waals surface area contributed by atoms with Crippen LogP contribution >= 0.6 is 0 Å². The molecule has 1 aromatic carbocycles. The van der Waals surface area contributed by atoms with Crippen LogP contribution in [-0.4, -0.2) is 155 Å². The molecule has 1 aliphatic rings. The summed E-state index contributed by atoms with van der Waals surface area (Å²) < 4.78 is 10.5. The van der Waals surface area contributed by atoms with Gasteiger partial charge in [-0.1, -0.05) is 74.9 Å². The maximum Gasteiger partial charge on any atom is 0.327 e. The number of allylic oxidation sites excluding steroid dienone is 2. The predicted octanol–water partition coefficient (Wildman–Crippen LogP) is -1.16. The van der Waals surface area contributed by atoms with E-state index in [-0.39, 0.29) is 12.0 Å². The van der Waals surface area contributed by atoms with E-state index in [9.17, 15) is 73.2 Å². The molecule has 0 unspecified atom stereocenters. The fourth-order valence-corrected chi connectivity index (χ4v) is 7.18. The summed E-state index contributed by atoms with van der Waals surface area (Å²) in [6, 6.07) is -2.10. The van der Waals surface area contributed by atoms with Gasteiger partial charge in [0.1, 0.15) is 36.3 Å². The van der Waals surface area contributed by atoms with Crippen molar-refractivity contribution in [3.8, 4) is 0 Å². The van der Waals surface area contributed by atoms with Gasteiger partial charge in [0.25, 0.3) is 0 Å². The zero-order chi connectivity index (χ0) is 53.5. The second-order valence-corrected chi connectivity index (χ2v) is 17.2. The molecule has 24 nitrogen and oxygen atoms in total. The predicted molar refractivity (Wildman–Crippen MR) is 250 cm³/mol. The van der Waals surface area contributed by atoms with E-state index in [0.29, 0.717) is 12.0 Å². The van der Waals surface area contributed by atoms with E-state index >= 15 is 0 Å². The Morgan fingerprint density at radius 2 is 1.28 bits per heavy atom. The van der Waals surface area contributed by atoms with Crippen molar-refractivity contribution in [2.75, 3.05) is 20.8 Å². The third-order valence-electron chi connectivity index (χ3n) is 11.6. The van der Waals surface area contributed by atoms with E-state index in [1.807, 2.05) is 43.3 Å². The van der Waals surface area contributed by atoms with Gasteiger partial charge < -0.3 is 67.1 Å². The van der Waals surface area contributed by atoms with Crippen LogP contribution in [0.2, 0.25) is 0 Å². The van der Waals surface area contributed by atoms with Gasteiger partial charge in [0.15, 0.2) is 0 Å². The molecule has 0 saturated carbocycles. The Morgan fingerprint density at radius 1 is 0.704 bits per heavy atom. The smallest absolute Gasteiger partial charge is 0.327 e. The lowest BCUT2D eigenvalue weighted by Gasteiger charge is -2.28. The van der Waals surface area contributed by atoms with Gasteiger partial charge in [-0.2, -0.15) is 0 Å². The molecule has 1 heterocycles. The van der Waals surface area contributed by atoms with Crippen LogP contribution in [0.3, 0.4) is 0 Å². The quantitative estimate of drug-likeness (QED) is 0.0687. The summed E-state index contributed by atoms with van der Waals surface area (Å²) in [5, 5.41) is 55.7. The van der Waals surface area contributed by atoms with Crippen molar-refractivity contribution in [3.63, 3.8) is 0 Å². The number of carbonyl (C=O) groups excluding carboxylic acids is 8. The summed E-state index contributed by atoms with van der Waals surface area (Å²) in [5.74, 6) is -16.2. The Kier molecular flexibility index (Phi) is 25.1. The third-order valence-corrected chi connectivity index (χ3v) is 11.6. The highest BCUT2D eigenvalue weighted by Gasteiger charge is 2.38. The Labute approximate surface area is 410 Å². The lowest BCUT2D eigenvalue weighted by molar-refractivity contribution is -0.147. The minimum atomic E-state index is -2.08. The molecule has 1 fully saturated rings. The standard InChI is InChI=1S/C47H67N7O17/c1-24(21-25(2)35(70-6)22-29-11-9-8-10-12-29)13-14-30-26(3)40(60)53-33(46(66)67)15-18-36(56)49-34(23-55)45(65)48-28(5)42(62)52-31(16-19-37(57)58)44(64)54-39(47(68)69)27(4)41(61)51-32(43(63)50-30)17-20-38(59)71-7/h8-14,21,25-28,30-35,39,55H,15-20,22-23H2,1-7H3,(H,48,65)(H,49,56)(H,50,63)(H,51,61)(H,52,62)(H,53,60)(H,54,64)(H,57,58)(H,66,67)(H,68,69)/b14-13+,24-21+/t25-,26-,27-,28+,30-,31-,32-,33+,34-,35-,39+/m0/s1. The van der Waals surface area contributed by atoms with E-state index in [2.05, 4.69) is 37.2 Å². The van der Waals surface area contributed by atoms with Crippen molar-refractivity contribution in [1.29, 1.82) is 0 Å². The number of aliphatic hydroxyl groups excluding tert-OH is 1. The van der Waals surface area contributed by atoms with Crippen molar-refractivity contribution in [3.05, 3.63) is 59.7 Å². The summed E-state index contributed by atoms with van der Waals surface area (Å²) in [6.45, 7) is 6.23. The lowest BCUT2D eigenvalue weighted by Crippen LogP contribution is -2.59. The van der Waals surface area contributed by atoms with Crippen LogP contribution in [0.25, 0.3) is 0 Å². The number of esters is 1. The largest absolute Gasteiger partial charge is 0.481 e. The number of benzene rings is 1. The molecule has 0 spiro atoms. The van der Waals surface area contributed by atoms with Crippen molar-refractivity contribution in [2.24, 2.45) is 17.8 Å². The van der Waals surface area contributed by atoms with Crippen LogP contribution in [0, 0.1) is 17.8 Å². The highest BCUT2D eigenvalue weighted by atomic mass is 16.5. The number of aliphatic hydroxyl groups is 1. The minimum absolute atomic E-state index is 0.168. The Morgan fingerprint density at radius 3 is 1.85 bits per heavy atom. The summed E-state index contributed by atoms with van der Waals surface area (Å²) in [6.07, 6.45) is 1.85. The fraction of sp³-hybridized carbons (Fsp3) is 0.553. The second-order valence-electron chi connectivity index (χ2n) is 17.2. The van der Waals surface area contributed by atoms with Crippen molar-refractivity contribution in [2.45, 2.75) is 128 Å². The minimum Gasteiger partial charge on any atom is -0.481 e. The Hall–Kier alpha value is -7.21. The van der Waals surface area contributed by atoms with Gasteiger partial charge in [-0.15, -0.1) is 0 Å². The van der Waals surface area contributed by atoms with Crippen LogP contribution in [0.5, 0.6) is 0 Å². The van der Waals surface area contributed by atoms with Gasteiger partial charge >= 0.3 is 23.9 Å². The molecule has 0 radical (unpaired) electrons. The van der Waals surface area contributed by atoms with Gasteiger partial charge in [0.05, 0.1) is 37.7 Å². The molecule has 0 bridgehead atoms. The molecule has 7 amide bonds. The number of ether oxygens (including phenoxy) is 2. The number of carboxylic acid groups (broad SMARTS) is 3. The molecule has 1 aromatic rings. The summed E-state index contributed by atoms with van der Waals surface area (Å²) in [7, 11) is 2.65. The molecular weight excluding hydrogens is 935 g/mol. The van der Waals surface area contributed by atoms with Crippen molar-refractivity contribution < 1.29 is 82.6 Å². The monoisotopic (exact) mass is 1000 g/mol. The second kappa shape index (κ2) is 29.7. The summed E-state index contributed by atoms with van der Waals surface area (Å²) in [5.41, 5.74) is 1.68. The van der Waals surface area contributed by atoms with Gasteiger partial charge in [-0.05, 0) is 45.1 Å². The van der Waals surface area contributed by atoms with E-state index in [1.165, 1.54) is 13.0 Å². The maximum atomic E-state index is 14.2. The number of nitrogens with one attached hydrogen (secondary N) is 7. The van der Waals surface area contributed by atoms with Crippen LogP contribution in [0.4, 0.5) is 0 Å². The molecule has 71 heavy (non-hydrogen) atoms. The van der Waals surface area contributed by atoms with Gasteiger partial charge in [-0.25, -0.2) is 9.59 Å². The fourth-order valence-electron chi connectivity index (χ4n) is 7.18. The first kappa shape index (κ1) is 59.9. The molecule has 0 aliphatic carbocycles. The highest BCUT2D eigenvalue weighted by Crippen LogP contribution is 2.18. The zero-order valence-corrected chi connectivity index (χ0v) is 40.7. The first-order valence-electron chi connectivity index (χ1n) is 22.8. The molecule has 1 saturated heterocycles. The van der Waals surface area contributed by atoms with Gasteiger partial charge in [0, 0.05) is 32.3 Å². The lowest BCUT2D eigenvalue weighted by atomic mass is 9.94. The molecule has 11 N–H and O–H groups in total. The first-order valence-corrected chi connectivity index (χ1v) is 22.8. The van der Waals surface area contributed by atoms with Crippen molar-refractivity contribution in [1.82, 2.24) is 37.2 Å². The van der Waals surface area contributed by atoms with Gasteiger partial charge in [0.2, 0.25) is 41.4 Å². The average molecular weight is 1000 g/mol. The number of hydrogen-bond donors (Lipinski definition) is 11. The number of hydrogen-bond acceptors (Lipinski definition) is 14. The number of carboxylic acids is 3. The number of carbonyl (C=O) groups is 11. The number of aliphatic carboxylic acids is 3. The van der Waals surface area contributed by atoms with E-state index < -0.39 is 164 Å². The van der Waals surface area contributed by atoms with Crippen LogP contribution in [0.15, 0.2) is 54.1 Å². The highest BCUT2D eigenvalue weighted by molar-refractivity contribution is 5.97. The topological polar surface area (TPSA) is 371 Å². The molecule has 2 rings (SSSR count). The first-order chi connectivity index (χ1) is 33.4. The van der Waals surface area contributed by atoms with E-state index in [4.69, 9.17) is 9.47 Å². The van der Waals surface area contributed by atoms with E-state index in [1.54, 1.807) is 20.1 Å². The third kappa shape index (κ3) is 20.3. The summed E-state index contributed by atoms with van der Waals surface area (Å²) >= 11 is 0. The summed E-state index contributed by atoms with van der Waals surface area (Å²) in [4.78, 5) is 144.